The van der Waals surface area contributed by atoms with Crippen molar-refractivity contribution in [3.8, 4) is 5.75 Å². The fourth-order valence-electron chi connectivity index (χ4n) is 1.58. The number of nitrogens with zero attached hydrogens (tertiary/aromatic N) is 1. The van der Waals surface area contributed by atoms with E-state index < -0.39 is 5.97 Å². The highest BCUT2D eigenvalue weighted by molar-refractivity contribution is 6.27. The molecule has 0 N–H and O–H groups in total. The molecular formula is C16H20ClNO6. The highest BCUT2D eigenvalue weighted by Crippen LogP contribution is 2.28. The van der Waals surface area contributed by atoms with Crippen LogP contribution in [0.5, 0.6) is 5.75 Å². The lowest BCUT2D eigenvalue weighted by Crippen LogP contribution is -2.27. The minimum Gasteiger partial charge on any atom is -0.495 e. The number of hydrogen-bond donors (Lipinski definition) is 0. The van der Waals surface area contributed by atoms with Gasteiger partial charge in [-0.05, 0) is 32.0 Å². The summed E-state index contributed by atoms with van der Waals surface area (Å²) in [5.74, 6) is -0.191. The number of ketones is 2. The van der Waals surface area contributed by atoms with Gasteiger partial charge in [-0.15, -0.1) is 11.6 Å². The second-order valence-corrected chi connectivity index (χ2v) is 4.92. The van der Waals surface area contributed by atoms with Crippen LogP contribution in [0.15, 0.2) is 18.2 Å². The molecule has 0 fully saturated rings. The Hall–Kier alpha value is -2.41. The van der Waals surface area contributed by atoms with E-state index >= 15 is 0 Å². The van der Waals surface area contributed by atoms with Gasteiger partial charge in [0.15, 0.2) is 0 Å². The number of methoxy groups -OCH3 is 2. The van der Waals surface area contributed by atoms with Gasteiger partial charge in [0.1, 0.15) is 17.3 Å². The first-order valence-electron chi connectivity index (χ1n) is 6.83. The minimum atomic E-state index is -0.505. The number of rotatable bonds is 7. The summed E-state index contributed by atoms with van der Waals surface area (Å²) in [6.45, 7) is 2.77. The van der Waals surface area contributed by atoms with Gasteiger partial charge >= 0.3 is 5.97 Å². The van der Waals surface area contributed by atoms with E-state index in [9.17, 15) is 19.2 Å². The van der Waals surface area contributed by atoms with Gasteiger partial charge in [0.2, 0.25) is 6.41 Å². The summed E-state index contributed by atoms with van der Waals surface area (Å²) in [7, 11) is 2.69. The van der Waals surface area contributed by atoms with Crippen LogP contribution in [0.4, 0.5) is 5.69 Å². The van der Waals surface area contributed by atoms with Gasteiger partial charge < -0.3 is 14.4 Å². The first kappa shape index (κ1) is 21.6. The number of alkyl halides is 1. The number of ether oxygens (including phenoxy) is 2. The van der Waals surface area contributed by atoms with Crippen LogP contribution in [0.25, 0.3) is 0 Å². The third kappa shape index (κ3) is 7.23. The molecule has 0 aliphatic rings. The summed E-state index contributed by atoms with van der Waals surface area (Å²) in [6, 6.07) is 4.49. The smallest absolute Gasteiger partial charge is 0.337 e. The van der Waals surface area contributed by atoms with Gasteiger partial charge in [0, 0.05) is 0 Å². The van der Waals surface area contributed by atoms with E-state index in [1.165, 1.54) is 51.2 Å². The number of hydrogen-bond acceptors (Lipinski definition) is 6. The van der Waals surface area contributed by atoms with Crippen LogP contribution in [0, 0.1) is 0 Å². The largest absolute Gasteiger partial charge is 0.495 e. The summed E-state index contributed by atoms with van der Waals surface area (Å²) in [4.78, 5) is 44.4. The van der Waals surface area contributed by atoms with Crippen LogP contribution in [0.1, 0.15) is 24.2 Å². The van der Waals surface area contributed by atoms with Crippen molar-refractivity contribution in [1.82, 2.24) is 0 Å². The zero-order valence-corrected chi connectivity index (χ0v) is 14.8. The van der Waals surface area contributed by atoms with Crippen LogP contribution in [0.2, 0.25) is 0 Å². The summed E-state index contributed by atoms with van der Waals surface area (Å²) in [5.41, 5.74) is 0.720. The van der Waals surface area contributed by atoms with Crippen LogP contribution in [-0.4, -0.2) is 50.6 Å². The molecule has 1 aromatic carbocycles. The molecule has 24 heavy (non-hydrogen) atoms. The van der Waals surface area contributed by atoms with E-state index in [2.05, 4.69) is 4.74 Å². The van der Waals surface area contributed by atoms with Crippen molar-refractivity contribution >= 4 is 41.2 Å². The molecule has 1 rings (SSSR count). The Morgan fingerprint density at radius 2 is 1.75 bits per heavy atom. The van der Waals surface area contributed by atoms with Crippen molar-refractivity contribution in [2.45, 2.75) is 13.8 Å². The standard InChI is InChI=1S/C13H15NO5.C3H5ClO/c1-9(16)7-14(8-15)11-5-4-10(13(17)19-3)6-12(11)18-2;1-3(5)2-4/h4-6,8H,7H2,1-3H3;2H2,1H3. The van der Waals surface area contributed by atoms with Crippen LogP contribution >= 0.6 is 11.6 Å². The molecule has 0 bridgehead atoms. The zero-order valence-electron chi connectivity index (χ0n) is 14.0. The predicted molar refractivity (Wildman–Crippen MR) is 89.8 cm³/mol. The van der Waals surface area contributed by atoms with Crippen molar-refractivity contribution in [3.63, 3.8) is 0 Å². The first-order chi connectivity index (χ1) is 11.3. The molecule has 0 saturated carbocycles. The van der Waals surface area contributed by atoms with Gasteiger partial charge in [-0.1, -0.05) is 0 Å². The van der Waals surface area contributed by atoms with Crippen LogP contribution in [0.3, 0.4) is 0 Å². The molecule has 1 amide bonds. The lowest BCUT2D eigenvalue weighted by molar-refractivity contribution is -0.117. The van der Waals surface area contributed by atoms with Crippen molar-refractivity contribution in [2.75, 3.05) is 31.5 Å². The molecule has 0 aliphatic carbocycles. The Morgan fingerprint density at radius 3 is 2.12 bits per heavy atom. The third-order valence-corrected chi connectivity index (χ3v) is 3.00. The molecule has 0 heterocycles. The van der Waals surface area contributed by atoms with Gasteiger partial charge in [0.05, 0.1) is 37.9 Å². The topological polar surface area (TPSA) is 90.0 Å². The average molecular weight is 358 g/mol. The number of esters is 1. The maximum absolute atomic E-state index is 11.4. The average Bonchev–Trinajstić information content (AvgIpc) is 2.58. The molecule has 0 saturated heterocycles. The molecule has 8 heteroatoms. The van der Waals surface area contributed by atoms with E-state index in [1.54, 1.807) is 0 Å². The summed E-state index contributed by atoms with van der Waals surface area (Å²) < 4.78 is 9.72. The quantitative estimate of drug-likeness (QED) is 0.420. The maximum Gasteiger partial charge on any atom is 0.337 e. The zero-order chi connectivity index (χ0) is 18.7. The molecular weight excluding hydrogens is 338 g/mol. The molecule has 0 radical (unpaired) electrons. The van der Waals surface area contributed by atoms with Gasteiger partial charge in [-0.25, -0.2) is 4.79 Å². The number of anilines is 1. The lowest BCUT2D eigenvalue weighted by Gasteiger charge is -2.19. The van der Waals surface area contributed by atoms with Crippen molar-refractivity contribution in [3.05, 3.63) is 23.8 Å². The summed E-state index contributed by atoms with van der Waals surface area (Å²) in [6.07, 6.45) is 0.539. The van der Waals surface area contributed by atoms with E-state index in [0.29, 0.717) is 23.4 Å². The lowest BCUT2D eigenvalue weighted by atomic mass is 10.1. The number of benzene rings is 1. The first-order valence-corrected chi connectivity index (χ1v) is 7.37. The summed E-state index contributed by atoms with van der Waals surface area (Å²) in [5, 5.41) is 0. The van der Waals surface area contributed by atoms with E-state index in [-0.39, 0.29) is 24.0 Å². The Labute approximate surface area is 145 Å². The Bertz CT molecular complexity index is 602. The minimum absolute atomic E-state index is 0.0201. The Morgan fingerprint density at radius 1 is 1.17 bits per heavy atom. The van der Waals surface area contributed by atoms with Gasteiger partial charge in [-0.2, -0.15) is 0 Å². The molecule has 0 aromatic heterocycles. The fourth-order valence-corrected chi connectivity index (χ4v) is 1.58. The van der Waals surface area contributed by atoms with Gasteiger partial charge in [-0.3, -0.25) is 14.4 Å². The van der Waals surface area contributed by atoms with Gasteiger partial charge in [0.25, 0.3) is 0 Å². The maximum atomic E-state index is 11.4. The molecule has 7 nitrogen and oxygen atoms in total. The number of carbonyl (C=O) groups is 4. The second-order valence-electron chi connectivity index (χ2n) is 4.65. The molecule has 132 valence electrons. The van der Waals surface area contributed by atoms with Crippen molar-refractivity contribution < 1.29 is 28.7 Å². The van der Waals surface area contributed by atoms with Crippen molar-refractivity contribution in [1.29, 1.82) is 0 Å². The highest BCUT2D eigenvalue weighted by Gasteiger charge is 2.16. The van der Waals surface area contributed by atoms with E-state index in [1.807, 2.05) is 0 Å². The third-order valence-electron chi connectivity index (χ3n) is 2.62. The van der Waals surface area contributed by atoms with E-state index in [4.69, 9.17) is 16.3 Å². The fraction of sp³-hybridized carbons (Fsp3) is 0.375. The van der Waals surface area contributed by atoms with E-state index in [0.717, 1.165) is 0 Å². The van der Waals surface area contributed by atoms with Crippen LogP contribution in [-0.2, 0) is 19.1 Å². The molecule has 0 unspecified atom stereocenters. The summed E-state index contributed by atoms with van der Waals surface area (Å²) >= 11 is 4.99. The molecule has 0 aliphatic heterocycles. The highest BCUT2D eigenvalue weighted by atomic mass is 35.5. The molecule has 1 aromatic rings. The Kier molecular flexibility index (Phi) is 10.1. The SMILES string of the molecule is CC(=O)CCl.COC(=O)c1ccc(N(C=O)CC(C)=O)c(OC)c1. The monoisotopic (exact) mass is 357 g/mol. The normalized spacial score (nSPS) is 9.21. The Balaban J connectivity index is 0.000000922. The predicted octanol–water partition coefficient (Wildman–Crippen LogP) is 1.85. The number of halogens is 1. The van der Waals surface area contributed by atoms with Crippen molar-refractivity contribution in [2.24, 2.45) is 0 Å². The molecule has 0 atom stereocenters. The number of carbonyl (C=O) groups excluding carboxylic acids is 4. The molecule has 0 spiro atoms. The second kappa shape index (κ2) is 11.2. The number of Topliss-reactive ketones (excluding diaryl/α,β-unsaturated/α-hetero) is 2. The number of amides is 1. The van der Waals surface area contributed by atoms with Crippen LogP contribution < -0.4 is 9.64 Å².